The van der Waals surface area contributed by atoms with Crippen LogP contribution in [-0.4, -0.2) is 39.1 Å². The Hall–Kier alpha value is -3.26. The lowest BCUT2D eigenvalue weighted by Gasteiger charge is -2.10. The van der Waals surface area contributed by atoms with Gasteiger partial charge in [0.15, 0.2) is 28.1 Å². The van der Waals surface area contributed by atoms with Gasteiger partial charge in [0.05, 0.1) is 13.7 Å². The zero-order valence-corrected chi connectivity index (χ0v) is 16.9. The summed E-state index contributed by atoms with van der Waals surface area (Å²) in [7, 11) is 1.61. The van der Waals surface area contributed by atoms with Crippen LogP contribution in [0.15, 0.2) is 64.5 Å². The topological polar surface area (TPSA) is 81.5 Å². The molecule has 0 fully saturated rings. The molecule has 0 saturated carbocycles. The molecule has 0 spiro atoms. The first-order valence-electron chi connectivity index (χ1n) is 9.09. The number of para-hydroxylation sites is 2. The first-order valence-corrected chi connectivity index (χ1v) is 10.1. The first-order chi connectivity index (χ1) is 14.1. The standard InChI is InChI=1S/C21H20N4O3S/c1-14-7-9-15(10-8-14)20-22-18-13-19(26)24-25(18)21(23-20)29-12-11-28-17-6-4-3-5-16(17)27-2/h3-10,13H,11-12H2,1-2H3,(H,24,26). The first kappa shape index (κ1) is 19.1. The monoisotopic (exact) mass is 408 g/mol. The molecule has 0 saturated heterocycles. The van der Waals surface area contributed by atoms with Crippen molar-refractivity contribution in [2.75, 3.05) is 19.5 Å². The molecule has 0 radical (unpaired) electrons. The third-order valence-corrected chi connectivity index (χ3v) is 5.18. The molecular weight excluding hydrogens is 388 g/mol. The van der Waals surface area contributed by atoms with E-state index < -0.39 is 0 Å². The molecule has 0 unspecified atom stereocenters. The smallest absolute Gasteiger partial charge is 0.266 e. The van der Waals surface area contributed by atoms with Crippen LogP contribution in [0.1, 0.15) is 5.56 Å². The fourth-order valence-corrected chi connectivity index (χ4v) is 3.60. The third-order valence-electron chi connectivity index (χ3n) is 4.28. The van der Waals surface area contributed by atoms with Gasteiger partial charge in [0.2, 0.25) is 0 Å². The van der Waals surface area contributed by atoms with Gasteiger partial charge in [-0.15, -0.1) is 0 Å². The Kier molecular flexibility index (Phi) is 5.53. The van der Waals surface area contributed by atoms with Gasteiger partial charge < -0.3 is 9.47 Å². The minimum atomic E-state index is -0.215. The summed E-state index contributed by atoms with van der Waals surface area (Å²) in [5.74, 6) is 2.60. The summed E-state index contributed by atoms with van der Waals surface area (Å²) < 4.78 is 12.7. The minimum Gasteiger partial charge on any atom is -0.493 e. The number of aromatic nitrogens is 4. The summed E-state index contributed by atoms with van der Waals surface area (Å²) in [4.78, 5) is 21.0. The Morgan fingerprint density at radius 1 is 1.07 bits per heavy atom. The van der Waals surface area contributed by atoms with Gasteiger partial charge in [-0.1, -0.05) is 53.7 Å². The van der Waals surface area contributed by atoms with Crippen molar-refractivity contribution < 1.29 is 9.47 Å². The lowest BCUT2D eigenvalue weighted by atomic mass is 10.1. The molecule has 2 aromatic heterocycles. The number of methoxy groups -OCH3 is 1. The van der Waals surface area contributed by atoms with E-state index in [1.807, 2.05) is 55.5 Å². The van der Waals surface area contributed by atoms with Crippen LogP contribution in [-0.2, 0) is 0 Å². The van der Waals surface area contributed by atoms with Crippen molar-refractivity contribution >= 4 is 17.4 Å². The van der Waals surface area contributed by atoms with E-state index in [4.69, 9.17) is 9.47 Å². The molecule has 4 rings (SSSR count). The van der Waals surface area contributed by atoms with Gasteiger partial charge in [0.25, 0.3) is 5.56 Å². The molecule has 1 N–H and O–H groups in total. The number of thioether (sulfide) groups is 1. The van der Waals surface area contributed by atoms with Gasteiger partial charge in [0.1, 0.15) is 0 Å². The van der Waals surface area contributed by atoms with E-state index in [9.17, 15) is 4.79 Å². The van der Waals surface area contributed by atoms with Crippen LogP contribution in [0.25, 0.3) is 17.0 Å². The minimum absolute atomic E-state index is 0.215. The highest BCUT2D eigenvalue weighted by Crippen LogP contribution is 2.26. The van der Waals surface area contributed by atoms with Crippen molar-refractivity contribution in [3.05, 3.63) is 70.5 Å². The van der Waals surface area contributed by atoms with E-state index >= 15 is 0 Å². The molecule has 0 aliphatic carbocycles. The summed E-state index contributed by atoms with van der Waals surface area (Å²) in [6, 6.07) is 17.0. The van der Waals surface area contributed by atoms with Gasteiger partial charge in [-0.05, 0) is 19.1 Å². The van der Waals surface area contributed by atoms with E-state index in [2.05, 4.69) is 15.1 Å². The average molecular weight is 408 g/mol. The number of hydrogen-bond donors (Lipinski definition) is 1. The number of hydrogen-bond acceptors (Lipinski definition) is 6. The maximum Gasteiger partial charge on any atom is 0.266 e. The number of ether oxygens (including phenoxy) is 2. The zero-order valence-electron chi connectivity index (χ0n) is 16.1. The molecule has 8 heteroatoms. The SMILES string of the molecule is COc1ccccc1OCCSc1nc(-c2ccc(C)cc2)nc2cc(=O)[nH]n12. The summed E-state index contributed by atoms with van der Waals surface area (Å²) in [5.41, 5.74) is 2.39. The number of aryl methyl sites for hydroxylation is 1. The van der Waals surface area contributed by atoms with Gasteiger partial charge >= 0.3 is 0 Å². The summed E-state index contributed by atoms with van der Waals surface area (Å²) in [6.07, 6.45) is 0. The van der Waals surface area contributed by atoms with Crippen LogP contribution < -0.4 is 15.0 Å². The molecule has 148 valence electrons. The van der Waals surface area contributed by atoms with Crippen LogP contribution in [0.3, 0.4) is 0 Å². The number of benzene rings is 2. The quantitative estimate of drug-likeness (QED) is 0.372. The lowest BCUT2D eigenvalue weighted by Crippen LogP contribution is -2.07. The summed E-state index contributed by atoms with van der Waals surface area (Å²) in [6.45, 7) is 2.49. The Morgan fingerprint density at radius 3 is 2.59 bits per heavy atom. The highest BCUT2D eigenvalue weighted by molar-refractivity contribution is 7.99. The van der Waals surface area contributed by atoms with Crippen molar-refractivity contribution in [2.24, 2.45) is 0 Å². The van der Waals surface area contributed by atoms with E-state index in [0.717, 1.165) is 11.1 Å². The van der Waals surface area contributed by atoms with Gasteiger partial charge in [-0.2, -0.15) is 0 Å². The van der Waals surface area contributed by atoms with E-state index in [1.165, 1.54) is 17.8 Å². The fraction of sp³-hybridized carbons (Fsp3) is 0.190. The normalized spacial score (nSPS) is 11.0. The zero-order chi connectivity index (χ0) is 20.2. The highest BCUT2D eigenvalue weighted by atomic mass is 32.2. The van der Waals surface area contributed by atoms with Crippen molar-refractivity contribution in [3.63, 3.8) is 0 Å². The van der Waals surface area contributed by atoms with Crippen LogP contribution in [0, 0.1) is 6.92 Å². The highest BCUT2D eigenvalue weighted by Gasteiger charge is 2.12. The van der Waals surface area contributed by atoms with Crippen molar-refractivity contribution in [2.45, 2.75) is 12.1 Å². The lowest BCUT2D eigenvalue weighted by molar-refractivity contribution is 0.313. The maximum absolute atomic E-state index is 11.8. The molecule has 0 aliphatic rings. The molecule has 0 atom stereocenters. The predicted molar refractivity (Wildman–Crippen MR) is 113 cm³/mol. The number of rotatable bonds is 7. The average Bonchev–Trinajstić information content (AvgIpc) is 3.12. The number of aromatic amines is 1. The fourth-order valence-electron chi connectivity index (χ4n) is 2.83. The summed E-state index contributed by atoms with van der Waals surface area (Å²) in [5, 5.41) is 3.40. The number of nitrogens with one attached hydrogen (secondary N) is 1. The molecular formula is C21H20N4O3S. The number of nitrogens with zero attached hydrogens (tertiary/aromatic N) is 3. The second-order valence-corrected chi connectivity index (χ2v) is 7.42. The molecule has 0 amide bonds. The number of H-pyrrole nitrogens is 1. The van der Waals surface area contributed by atoms with E-state index in [1.54, 1.807) is 11.6 Å². The Labute approximate surface area is 171 Å². The predicted octanol–water partition coefficient (Wildman–Crippen LogP) is 3.57. The summed E-state index contributed by atoms with van der Waals surface area (Å²) >= 11 is 1.48. The molecule has 7 nitrogen and oxygen atoms in total. The Bertz CT molecular complexity index is 1180. The van der Waals surface area contributed by atoms with Crippen molar-refractivity contribution in [1.29, 1.82) is 0 Å². The van der Waals surface area contributed by atoms with Crippen LogP contribution in [0.2, 0.25) is 0 Å². The maximum atomic E-state index is 11.8. The van der Waals surface area contributed by atoms with Crippen molar-refractivity contribution in [3.8, 4) is 22.9 Å². The molecule has 0 aliphatic heterocycles. The van der Waals surface area contributed by atoms with Crippen LogP contribution in [0.5, 0.6) is 11.5 Å². The van der Waals surface area contributed by atoms with Gasteiger partial charge in [-0.3, -0.25) is 9.89 Å². The van der Waals surface area contributed by atoms with Crippen molar-refractivity contribution in [1.82, 2.24) is 19.6 Å². The third kappa shape index (κ3) is 4.27. The van der Waals surface area contributed by atoms with E-state index in [0.29, 0.717) is 40.5 Å². The Balaban J connectivity index is 1.54. The molecule has 4 aromatic rings. The van der Waals surface area contributed by atoms with Crippen LogP contribution in [0.4, 0.5) is 0 Å². The van der Waals surface area contributed by atoms with Crippen LogP contribution >= 0.6 is 11.8 Å². The molecule has 29 heavy (non-hydrogen) atoms. The Morgan fingerprint density at radius 2 is 1.83 bits per heavy atom. The molecule has 2 aromatic carbocycles. The largest absolute Gasteiger partial charge is 0.493 e. The number of fused-ring (bicyclic) bond motifs is 1. The molecule has 2 heterocycles. The van der Waals surface area contributed by atoms with E-state index in [-0.39, 0.29) is 5.56 Å². The second-order valence-electron chi connectivity index (χ2n) is 6.36. The molecule has 0 bridgehead atoms. The van der Waals surface area contributed by atoms with Gasteiger partial charge in [-0.25, -0.2) is 14.5 Å². The van der Waals surface area contributed by atoms with Gasteiger partial charge in [0, 0.05) is 17.4 Å². The second kappa shape index (κ2) is 8.40.